The van der Waals surface area contributed by atoms with Crippen LogP contribution < -0.4 is 0 Å². The molecule has 2 aromatic rings. The fourth-order valence-electron chi connectivity index (χ4n) is 3.40. The number of rotatable bonds is 2. The smallest absolute Gasteiger partial charge is 0.0974 e. The van der Waals surface area contributed by atoms with Crippen molar-refractivity contribution in [1.82, 2.24) is 4.90 Å². The van der Waals surface area contributed by atoms with E-state index in [2.05, 4.69) is 92.1 Å². The van der Waals surface area contributed by atoms with Crippen molar-refractivity contribution < 1.29 is 0 Å². The molecule has 1 saturated heterocycles. The Morgan fingerprint density at radius 3 is 2.08 bits per heavy atom. The minimum atomic E-state index is 0.187. The van der Waals surface area contributed by atoms with Crippen molar-refractivity contribution in [3.05, 3.63) is 71.3 Å². The maximum absolute atomic E-state index is 3.56. The van der Waals surface area contributed by atoms with Gasteiger partial charge in [-0.05, 0) is 54.6 Å². The van der Waals surface area contributed by atoms with Crippen LogP contribution in [0.5, 0.6) is 0 Å². The minimum absolute atomic E-state index is 0.187. The second-order valence-electron chi connectivity index (χ2n) is 8.01. The van der Waals surface area contributed by atoms with Gasteiger partial charge in [0, 0.05) is 5.56 Å². The fourth-order valence-corrected chi connectivity index (χ4v) is 3.40. The van der Waals surface area contributed by atoms with Crippen molar-refractivity contribution in [2.75, 3.05) is 13.1 Å². The van der Waals surface area contributed by atoms with Gasteiger partial charge in [-0.1, -0.05) is 81.5 Å². The molecule has 3 rings (SSSR count). The Labute approximate surface area is 153 Å². The molecule has 25 heavy (non-hydrogen) atoms. The van der Waals surface area contributed by atoms with Crippen molar-refractivity contribution in [3.8, 4) is 11.8 Å². The third-order valence-corrected chi connectivity index (χ3v) is 4.98. The molecule has 0 spiro atoms. The summed E-state index contributed by atoms with van der Waals surface area (Å²) in [6.45, 7) is 9.04. The van der Waals surface area contributed by atoms with E-state index < -0.39 is 0 Å². The highest BCUT2D eigenvalue weighted by Crippen LogP contribution is 2.25. The highest BCUT2D eigenvalue weighted by molar-refractivity contribution is 5.40. The molecule has 1 heteroatoms. The van der Waals surface area contributed by atoms with Gasteiger partial charge in [-0.2, -0.15) is 0 Å². The van der Waals surface area contributed by atoms with Gasteiger partial charge in [-0.3, -0.25) is 4.90 Å². The molecule has 1 aliphatic heterocycles. The second kappa shape index (κ2) is 7.89. The van der Waals surface area contributed by atoms with Crippen LogP contribution in [0.4, 0.5) is 0 Å². The van der Waals surface area contributed by atoms with E-state index in [4.69, 9.17) is 0 Å². The fraction of sp³-hybridized carbons (Fsp3) is 0.417. The van der Waals surface area contributed by atoms with E-state index in [1.54, 1.807) is 0 Å². The van der Waals surface area contributed by atoms with Crippen molar-refractivity contribution in [3.63, 3.8) is 0 Å². The van der Waals surface area contributed by atoms with Gasteiger partial charge in [-0.15, -0.1) is 0 Å². The number of benzene rings is 2. The predicted molar refractivity (Wildman–Crippen MR) is 107 cm³/mol. The summed E-state index contributed by atoms with van der Waals surface area (Å²) in [7, 11) is 0. The molecule has 0 saturated carbocycles. The van der Waals surface area contributed by atoms with Crippen molar-refractivity contribution in [1.29, 1.82) is 0 Å². The molecule has 0 aromatic heterocycles. The lowest BCUT2D eigenvalue weighted by Crippen LogP contribution is -2.33. The molecule has 1 nitrogen and oxygen atoms in total. The molecule has 1 fully saturated rings. The van der Waals surface area contributed by atoms with E-state index >= 15 is 0 Å². The topological polar surface area (TPSA) is 3.24 Å². The lowest BCUT2D eigenvalue weighted by Gasteiger charge is -2.31. The second-order valence-corrected chi connectivity index (χ2v) is 8.01. The van der Waals surface area contributed by atoms with Gasteiger partial charge in [0.15, 0.2) is 0 Å². The van der Waals surface area contributed by atoms with Crippen LogP contribution in [0.15, 0.2) is 54.6 Å². The van der Waals surface area contributed by atoms with Crippen LogP contribution in [0, 0.1) is 11.8 Å². The van der Waals surface area contributed by atoms with Gasteiger partial charge >= 0.3 is 0 Å². The summed E-state index contributed by atoms with van der Waals surface area (Å²) < 4.78 is 0. The zero-order valence-corrected chi connectivity index (χ0v) is 15.8. The van der Waals surface area contributed by atoms with Crippen LogP contribution in [-0.2, 0) is 5.41 Å². The summed E-state index contributed by atoms with van der Waals surface area (Å²) in [5.41, 5.74) is 3.95. The molecule has 0 aliphatic carbocycles. The van der Waals surface area contributed by atoms with Gasteiger partial charge in [0.25, 0.3) is 0 Å². The first-order chi connectivity index (χ1) is 12.0. The van der Waals surface area contributed by atoms with Crippen LogP contribution >= 0.6 is 0 Å². The number of piperidine rings is 1. The Bertz CT molecular complexity index is 720. The summed E-state index contributed by atoms with van der Waals surface area (Å²) in [5.74, 6) is 6.98. The SMILES string of the molecule is CC(C)(C)c1ccc(C#CC(c2ccccc2)N2CCCCC2)cc1. The third-order valence-electron chi connectivity index (χ3n) is 4.98. The van der Waals surface area contributed by atoms with Crippen molar-refractivity contribution in [2.24, 2.45) is 0 Å². The number of likely N-dealkylation sites (tertiary alicyclic amines) is 1. The molecule has 0 amide bonds. The summed E-state index contributed by atoms with van der Waals surface area (Å²) in [4.78, 5) is 2.54. The normalized spacial score (nSPS) is 16.8. The van der Waals surface area contributed by atoms with Gasteiger partial charge in [-0.25, -0.2) is 0 Å². The van der Waals surface area contributed by atoms with Crippen LogP contribution in [0.25, 0.3) is 0 Å². The number of hydrogen-bond acceptors (Lipinski definition) is 1. The molecule has 1 aliphatic rings. The molecule has 0 radical (unpaired) electrons. The van der Waals surface area contributed by atoms with Gasteiger partial charge in [0.2, 0.25) is 0 Å². The van der Waals surface area contributed by atoms with Crippen LogP contribution in [0.1, 0.15) is 62.8 Å². The summed E-state index contributed by atoms with van der Waals surface area (Å²) in [6, 6.07) is 19.7. The monoisotopic (exact) mass is 331 g/mol. The van der Waals surface area contributed by atoms with Crippen molar-refractivity contribution >= 4 is 0 Å². The van der Waals surface area contributed by atoms with E-state index in [-0.39, 0.29) is 11.5 Å². The third kappa shape index (κ3) is 4.74. The average molecular weight is 332 g/mol. The summed E-state index contributed by atoms with van der Waals surface area (Å²) >= 11 is 0. The first kappa shape index (κ1) is 17.8. The van der Waals surface area contributed by atoms with Gasteiger partial charge in [0.1, 0.15) is 0 Å². The molecule has 1 atom stereocenters. The van der Waals surface area contributed by atoms with E-state index in [0.29, 0.717) is 0 Å². The Morgan fingerprint density at radius 2 is 1.48 bits per heavy atom. The Morgan fingerprint density at radius 1 is 0.840 bits per heavy atom. The molecule has 1 heterocycles. The quantitative estimate of drug-likeness (QED) is 0.651. The number of hydrogen-bond donors (Lipinski definition) is 0. The maximum atomic E-state index is 3.56. The van der Waals surface area contributed by atoms with Gasteiger partial charge < -0.3 is 0 Å². The molecular weight excluding hydrogens is 302 g/mol. The molecular formula is C24H29N. The average Bonchev–Trinajstić information content (AvgIpc) is 2.63. The molecule has 130 valence electrons. The number of nitrogens with zero attached hydrogens (tertiary/aromatic N) is 1. The molecule has 1 unspecified atom stereocenters. The molecule has 0 bridgehead atoms. The lowest BCUT2D eigenvalue weighted by atomic mass is 9.87. The van der Waals surface area contributed by atoms with E-state index in [9.17, 15) is 0 Å². The highest BCUT2D eigenvalue weighted by Gasteiger charge is 2.20. The molecule has 0 N–H and O–H groups in total. The predicted octanol–water partition coefficient (Wildman–Crippen LogP) is 5.56. The maximum Gasteiger partial charge on any atom is 0.0974 e. The van der Waals surface area contributed by atoms with Crippen LogP contribution in [0.3, 0.4) is 0 Å². The van der Waals surface area contributed by atoms with Crippen molar-refractivity contribution in [2.45, 2.75) is 51.5 Å². The van der Waals surface area contributed by atoms with E-state index in [1.807, 2.05) is 0 Å². The van der Waals surface area contributed by atoms with E-state index in [0.717, 1.165) is 18.7 Å². The van der Waals surface area contributed by atoms with Crippen LogP contribution in [-0.4, -0.2) is 18.0 Å². The summed E-state index contributed by atoms with van der Waals surface area (Å²) in [6.07, 6.45) is 3.91. The zero-order chi connectivity index (χ0) is 17.7. The minimum Gasteiger partial charge on any atom is -0.286 e. The van der Waals surface area contributed by atoms with Gasteiger partial charge in [0.05, 0.1) is 6.04 Å². The first-order valence-corrected chi connectivity index (χ1v) is 9.45. The largest absolute Gasteiger partial charge is 0.286 e. The highest BCUT2D eigenvalue weighted by atomic mass is 15.2. The first-order valence-electron chi connectivity index (χ1n) is 9.45. The molecule has 2 aromatic carbocycles. The van der Waals surface area contributed by atoms with Crippen LogP contribution in [0.2, 0.25) is 0 Å². The Balaban J connectivity index is 1.84. The lowest BCUT2D eigenvalue weighted by molar-refractivity contribution is 0.197. The Hall–Kier alpha value is -2.04. The summed E-state index contributed by atoms with van der Waals surface area (Å²) in [5, 5.41) is 0. The van der Waals surface area contributed by atoms with E-state index in [1.165, 1.54) is 30.4 Å². The Kier molecular flexibility index (Phi) is 5.61. The standard InChI is InChI=1S/C24H29N/c1-24(2,3)22-15-12-20(13-16-22)14-17-23(21-10-6-4-7-11-21)25-18-8-5-9-19-25/h4,6-7,10-13,15-16,23H,5,8-9,18-19H2,1-3H3. The zero-order valence-electron chi connectivity index (χ0n) is 15.8.